The molecule has 0 unspecified atom stereocenters. The van der Waals surface area contributed by atoms with E-state index in [9.17, 15) is 4.79 Å². The Labute approximate surface area is 143 Å². The van der Waals surface area contributed by atoms with Gasteiger partial charge in [0, 0.05) is 25.9 Å². The Morgan fingerprint density at radius 2 is 1.17 bits per heavy atom. The molecule has 0 saturated carbocycles. The summed E-state index contributed by atoms with van der Waals surface area (Å²) in [4.78, 5) is 13.5. The molecule has 23 heavy (non-hydrogen) atoms. The zero-order valence-electron chi connectivity index (χ0n) is 15.3. The highest BCUT2D eigenvalue weighted by Gasteiger charge is 2.39. The Bertz CT molecular complexity index is 292. The van der Waals surface area contributed by atoms with E-state index in [4.69, 9.17) is 13.3 Å². The number of carbonyl (C=O) groups excluding carboxylic acids is 1. The summed E-state index contributed by atoms with van der Waals surface area (Å²) in [6.07, 6.45) is 11.1. The maximum atomic E-state index is 9.92. The summed E-state index contributed by atoms with van der Waals surface area (Å²) in [6, 6.07) is 0.923. The molecule has 0 bridgehead atoms. The van der Waals surface area contributed by atoms with Crippen LogP contribution >= 0.6 is 0 Å². The lowest BCUT2D eigenvalue weighted by atomic mass is 10.1. The van der Waals surface area contributed by atoms with Crippen LogP contribution in [0.5, 0.6) is 0 Å². The molecule has 0 radical (unpaired) electrons. The molecule has 0 spiro atoms. The van der Waals surface area contributed by atoms with Crippen molar-refractivity contribution in [3.8, 4) is 0 Å². The van der Waals surface area contributed by atoms with Crippen molar-refractivity contribution in [3.63, 3.8) is 0 Å². The van der Waals surface area contributed by atoms with Crippen molar-refractivity contribution in [2.24, 2.45) is 4.99 Å². The topological polar surface area (TPSA) is 57.1 Å². The highest BCUT2D eigenvalue weighted by atomic mass is 28.4. The van der Waals surface area contributed by atoms with Gasteiger partial charge in [0.15, 0.2) is 0 Å². The van der Waals surface area contributed by atoms with Crippen molar-refractivity contribution in [1.82, 2.24) is 0 Å². The maximum Gasteiger partial charge on any atom is 0.500 e. The normalized spacial score (nSPS) is 11.4. The lowest BCUT2D eigenvalue weighted by Gasteiger charge is -2.28. The minimum absolute atomic E-state index is 0.627. The molecule has 136 valence electrons. The van der Waals surface area contributed by atoms with Crippen LogP contribution in [0, 0.1) is 0 Å². The lowest BCUT2D eigenvalue weighted by Crippen LogP contribution is -2.45. The largest absolute Gasteiger partial charge is 0.500 e. The van der Waals surface area contributed by atoms with Crippen LogP contribution in [-0.4, -0.2) is 41.2 Å². The molecule has 0 saturated heterocycles. The number of hydrogen-bond acceptors (Lipinski definition) is 5. The summed E-state index contributed by atoms with van der Waals surface area (Å²) < 4.78 is 17.6. The van der Waals surface area contributed by atoms with Gasteiger partial charge in [-0.05, 0) is 33.6 Å². The highest BCUT2D eigenvalue weighted by Crippen LogP contribution is 2.20. The molecule has 0 rings (SSSR count). The Morgan fingerprint density at radius 1 is 0.739 bits per heavy atom. The predicted molar refractivity (Wildman–Crippen MR) is 95.4 cm³/mol. The van der Waals surface area contributed by atoms with Crippen LogP contribution in [-0.2, 0) is 18.1 Å². The summed E-state index contributed by atoms with van der Waals surface area (Å²) in [7, 11) is -2.43. The second-order valence-corrected chi connectivity index (χ2v) is 8.27. The molecule has 5 nitrogen and oxygen atoms in total. The van der Waals surface area contributed by atoms with Crippen LogP contribution in [0.1, 0.15) is 72.1 Å². The van der Waals surface area contributed by atoms with E-state index in [0.717, 1.165) is 25.3 Å². The predicted octanol–water partition coefficient (Wildman–Crippen LogP) is 4.49. The van der Waals surface area contributed by atoms with E-state index in [-0.39, 0.29) is 0 Å². The fourth-order valence-corrected chi connectivity index (χ4v) is 5.33. The van der Waals surface area contributed by atoms with Crippen LogP contribution in [0.15, 0.2) is 4.99 Å². The Balaban J connectivity index is 3.70. The van der Waals surface area contributed by atoms with E-state index in [1.54, 1.807) is 6.08 Å². The zero-order valence-corrected chi connectivity index (χ0v) is 16.3. The molecule has 0 aliphatic carbocycles. The van der Waals surface area contributed by atoms with Crippen LogP contribution in [0.25, 0.3) is 0 Å². The van der Waals surface area contributed by atoms with Crippen molar-refractivity contribution in [1.29, 1.82) is 0 Å². The molecule has 0 fully saturated rings. The van der Waals surface area contributed by atoms with Gasteiger partial charge in [0.1, 0.15) is 0 Å². The summed E-state index contributed by atoms with van der Waals surface area (Å²) in [5.74, 6) is 0. The van der Waals surface area contributed by atoms with Crippen molar-refractivity contribution in [2.45, 2.75) is 78.2 Å². The van der Waals surface area contributed by atoms with E-state index in [1.165, 1.54) is 32.1 Å². The van der Waals surface area contributed by atoms with Crippen molar-refractivity contribution in [2.75, 3.05) is 26.4 Å². The SMILES string of the molecule is CCO[Si](CCCCCCCCCCN=C=O)(OCC)OCC. The van der Waals surface area contributed by atoms with Crippen LogP contribution in [0.2, 0.25) is 6.04 Å². The molecule has 0 aliphatic heterocycles. The molecule has 0 heterocycles. The summed E-state index contributed by atoms with van der Waals surface area (Å²) in [5, 5.41) is 0. The van der Waals surface area contributed by atoms with Gasteiger partial charge < -0.3 is 13.3 Å². The average Bonchev–Trinajstić information content (AvgIpc) is 2.53. The maximum absolute atomic E-state index is 9.92. The van der Waals surface area contributed by atoms with Gasteiger partial charge in [0.25, 0.3) is 0 Å². The molecular weight excluding hydrogens is 310 g/mol. The van der Waals surface area contributed by atoms with Gasteiger partial charge in [0.05, 0.1) is 6.54 Å². The second-order valence-electron chi connectivity index (χ2n) is 5.53. The van der Waals surface area contributed by atoms with Gasteiger partial charge in [0.2, 0.25) is 6.08 Å². The third-order valence-electron chi connectivity index (χ3n) is 3.66. The van der Waals surface area contributed by atoms with Gasteiger partial charge in [-0.1, -0.05) is 38.5 Å². The molecular formula is C17H35NO4Si. The minimum atomic E-state index is -2.43. The number of aliphatic imine (C=N–C) groups is 1. The molecule has 0 atom stereocenters. The summed E-state index contributed by atoms with van der Waals surface area (Å²) >= 11 is 0. The molecule has 0 aromatic heterocycles. The van der Waals surface area contributed by atoms with Crippen LogP contribution in [0.3, 0.4) is 0 Å². The number of unbranched alkanes of at least 4 members (excludes halogenated alkanes) is 7. The van der Waals surface area contributed by atoms with Gasteiger partial charge in [-0.3, -0.25) is 0 Å². The first-order valence-electron chi connectivity index (χ1n) is 9.20. The molecule has 0 aliphatic rings. The number of rotatable bonds is 17. The van der Waals surface area contributed by atoms with E-state index < -0.39 is 8.80 Å². The Hall–Kier alpha value is -0.523. The van der Waals surface area contributed by atoms with E-state index in [2.05, 4.69) is 4.99 Å². The Kier molecular flexibility index (Phi) is 16.0. The lowest BCUT2D eigenvalue weighted by molar-refractivity contribution is 0.0706. The molecule has 0 amide bonds. The molecule has 6 heteroatoms. The van der Waals surface area contributed by atoms with E-state index in [0.29, 0.717) is 26.4 Å². The van der Waals surface area contributed by atoms with Crippen LogP contribution < -0.4 is 0 Å². The second kappa shape index (κ2) is 16.3. The van der Waals surface area contributed by atoms with Gasteiger partial charge in [-0.2, -0.15) is 0 Å². The van der Waals surface area contributed by atoms with Gasteiger partial charge >= 0.3 is 8.80 Å². The first-order valence-corrected chi connectivity index (χ1v) is 11.1. The zero-order chi connectivity index (χ0) is 17.2. The fraction of sp³-hybridized carbons (Fsp3) is 0.941. The number of hydrogen-bond donors (Lipinski definition) is 0. The minimum Gasteiger partial charge on any atom is -0.374 e. The van der Waals surface area contributed by atoms with Crippen LogP contribution in [0.4, 0.5) is 0 Å². The highest BCUT2D eigenvalue weighted by molar-refractivity contribution is 6.60. The molecule has 0 aromatic carbocycles. The van der Waals surface area contributed by atoms with Crippen molar-refractivity contribution >= 4 is 14.9 Å². The summed E-state index contributed by atoms with van der Waals surface area (Å²) in [5.41, 5.74) is 0. The summed E-state index contributed by atoms with van der Waals surface area (Å²) in [6.45, 7) is 8.59. The van der Waals surface area contributed by atoms with Gasteiger partial charge in [-0.15, -0.1) is 0 Å². The Morgan fingerprint density at radius 3 is 1.61 bits per heavy atom. The van der Waals surface area contributed by atoms with Gasteiger partial charge in [-0.25, -0.2) is 9.79 Å². The first kappa shape index (κ1) is 22.5. The standard InChI is InChI=1S/C17H35NO4Si/c1-4-20-23(21-5-2,22-6-3)16-14-12-10-8-7-9-11-13-15-18-17-19/h4-16H2,1-3H3. The number of isocyanates is 1. The number of nitrogens with zero attached hydrogens (tertiary/aromatic N) is 1. The smallest absolute Gasteiger partial charge is 0.374 e. The molecule has 0 aromatic rings. The average molecular weight is 346 g/mol. The molecule has 0 N–H and O–H groups in total. The van der Waals surface area contributed by atoms with E-state index >= 15 is 0 Å². The first-order chi connectivity index (χ1) is 11.2. The third kappa shape index (κ3) is 12.6. The van der Waals surface area contributed by atoms with E-state index in [1.807, 2.05) is 20.8 Å². The third-order valence-corrected chi connectivity index (χ3v) is 6.81. The fourth-order valence-electron chi connectivity index (χ4n) is 2.64. The van der Waals surface area contributed by atoms with Crippen molar-refractivity contribution in [3.05, 3.63) is 0 Å². The monoisotopic (exact) mass is 345 g/mol. The quantitative estimate of drug-likeness (QED) is 0.169. The van der Waals surface area contributed by atoms with Crippen molar-refractivity contribution < 1.29 is 18.1 Å².